The van der Waals surface area contributed by atoms with Gasteiger partial charge in [0.25, 0.3) is 0 Å². The third kappa shape index (κ3) is 9.47. The molecule has 2 aromatic heterocycles. The summed E-state index contributed by atoms with van der Waals surface area (Å²) in [5.41, 5.74) is 8.85. The van der Waals surface area contributed by atoms with Crippen molar-refractivity contribution >= 4 is 37.0 Å². The van der Waals surface area contributed by atoms with Gasteiger partial charge >= 0.3 is 20.1 Å². The molecule has 2 aliphatic heterocycles. The number of nitrogen functional groups attached to an aromatic ring is 1. The van der Waals surface area contributed by atoms with Crippen molar-refractivity contribution in [2.24, 2.45) is 0 Å². The van der Waals surface area contributed by atoms with Crippen LogP contribution in [0.4, 0.5) is 15.4 Å². The molecule has 0 saturated carbocycles. The van der Waals surface area contributed by atoms with Crippen molar-refractivity contribution in [3.05, 3.63) is 120 Å². The van der Waals surface area contributed by atoms with Gasteiger partial charge in [0.15, 0.2) is 29.9 Å². The number of hydrogen-bond donors (Lipinski definition) is 1. The Morgan fingerprint density at radius 1 is 0.727 bits per heavy atom. The zero-order valence-electron chi connectivity index (χ0n) is 29.8. The second-order valence-corrected chi connectivity index (χ2v) is 14.9. The molecule has 5 atom stereocenters. The van der Waals surface area contributed by atoms with E-state index in [-0.39, 0.29) is 36.8 Å². The SMILES string of the molecule is Nc1ncnc2c1ncn2[C@@H]1O[C@H](COP(=O)(OCc2ccccc2)N2CCCCC2)[C@@H](OC(=O)OCc2ccccc2)[C@H]1OC(=O)OCc1ccccc1. The van der Waals surface area contributed by atoms with Crippen LogP contribution < -0.4 is 5.73 Å². The second kappa shape index (κ2) is 17.8. The number of carbonyl (C=O) groups excluding carboxylic acids is 2. The summed E-state index contributed by atoms with van der Waals surface area (Å²) in [6.45, 7) is 0.418. The number of aromatic nitrogens is 4. The van der Waals surface area contributed by atoms with E-state index in [1.807, 2.05) is 66.7 Å². The zero-order chi connectivity index (χ0) is 38.0. The van der Waals surface area contributed by atoms with Crippen LogP contribution in [-0.2, 0) is 57.1 Å². The highest BCUT2D eigenvalue weighted by atomic mass is 31.2. The Balaban J connectivity index is 1.18. The van der Waals surface area contributed by atoms with Gasteiger partial charge in [0.1, 0.15) is 31.2 Å². The minimum absolute atomic E-state index is 0.0235. The van der Waals surface area contributed by atoms with Crippen molar-refractivity contribution < 1.29 is 46.9 Å². The number of nitrogens with zero attached hydrogens (tertiary/aromatic N) is 5. The van der Waals surface area contributed by atoms with Crippen LogP contribution in [0, 0.1) is 0 Å². The van der Waals surface area contributed by atoms with E-state index in [9.17, 15) is 14.2 Å². The van der Waals surface area contributed by atoms with Crippen LogP contribution in [0.25, 0.3) is 11.2 Å². The molecule has 17 heteroatoms. The number of imidazole rings is 1. The number of piperidine rings is 1. The number of benzene rings is 3. The maximum Gasteiger partial charge on any atom is 0.509 e. The average molecular weight is 773 g/mol. The maximum absolute atomic E-state index is 14.6. The Morgan fingerprint density at radius 3 is 1.89 bits per heavy atom. The van der Waals surface area contributed by atoms with E-state index in [0.717, 1.165) is 36.0 Å². The predicted molar refractivity (Wildman–Crippen MR) is 197 cm³/mol. The fourth-order valence-corrected chi connectivity index (χ4v) is 8.16. The summed E-state index contributed by atoms with van der Waals surface area (Å²) in [7, 11) is -3.95. The van der Waals surface area contributed by atoms with Gasteiger partial charge in [-0.2, -0.15) is 0 Å². The summed E-state index contributed by atoms with van der Waals surface area (Å²) in [5.74, 6) is 0.108. The van der Waals surface area contributed by atoms with Gasteiger partial charge in [0.2, 0.25) is 0 Å². The first-order valence-electron chi connectivity index (χ1n) is 17.9. The molecule has 5 aromatic rings. The Hall–Kier alpha value is -5.38. The number of hydrogen-bond acceptors (Lipinski definition) is 14. The van der Waals surface area contributed by atoms with Gasteiger partial charge in [0, 0.05) is 13.1 Å². The van der Waals surface area contributed by atoms with Gasteiger partial charge in [-0.1, -0.05) is 97.4 Å². The minimum Gasteiger partial charge on any atom is -0.429 e. The van der Waals surface area contributed by atoms with Gasteiger partial charge in [0.05, 0.1) is 19.5 Å². The average Bonchev–Trinajstić information content (AvgIpc) is 3.81. The number of rotatable bonds is 14. The van der Waals surface area contributed by atoms with Crippen LogP contribution >= 0.6 is 7.75 Å². The van der Waals surface area contributed by atoms with Crippen molar-refractivity contribution in [3.63, 3.8) is 0 Å². The summed E-state index contributed by atoms with van der Waals surface area (Å²) < 4.78 is 59.3. The standard InChI is InChI=1S/C38H41N6O10P/c39-34-31-35(41-25-40-34)44(26-42-31)36-33(54-38(46)49-22-28-15-7-2-8-16-28)32(53-37(45)48-21-27-13-5-1-6-14-27)30(52-36)24-51-55(47,43-19-11-4-12-20-43)50-23-29-17-9-3-10-18-29/h1-3,5-10,13-18,25-26,30,32-33,36H,4,11-12,19-24H2,(H2,39,40,41)/t30-,32-,33-,36-,55?/m1/s1. The first-order valence-corrected chi connectivity index (χ1v) is 19.4. The number of anilines is 1. The molecule has 2 fully saturated rings. The van der Waals surface area contributed by atoms with Gasteiger partial charge in [-0.25, -0.2) is 33.8 Å². The molecule has 4 heterocycles. The normalized spacial score (nSPS) is 21.1. The largest absolute Gasteiger partial charge is 0.509 e. The van der Waals surface area contributed by atoms with E-state index < -0.39 is 51.2 Å². The maximum atomic E-state index is 14.6. The van der Waals surface area contributed by atoms with Crippen molar-refractivity contribution in [2.75, 3.05) is 25.4 Å². The van der Waals surface area contributed by atoms with E-state index in [0.29, 0.717) is 13.1 Å². The lowest BCUT2D eigenvalue weighted by Gasteiger charge is -2.33. The van der Waals surface area contributed by atoms with E-state index in [1.54, 1.807) is 28.9 Å². The molecule has 2 N–H and O–H groups in total. The summed E-state index contributed by atoms with van der Waals surface area (Å²) >= 11 is 0. The van der Waals surface area contributed by atoms with Crippen molar-refractivity contribution in [2.45, 2.75) is 63.6 Å². The summed E-state index contributed by atoms with van der Waals surface area (Å²) in [6.07, 6.45) is -2.06. The highest BCUT2D eigenvalue weighted by Crippen LogP contribution is 2.54. The number of carbonyl (C=O) groups is 2. The first-order chi connectivity index (χ1) is 26.9. The molecule has 1 unspecified atom stereocenters. The predicted octanol–water partition coefficient (Wildman–Crippen LogP) is 6.58. The molecule has 0 aliphatic carbocycles. The highest BCUT2D eigenvalue weighted by molar-refractivity contribution is 7.51. The second-order valence-electron chi connectivity index (χ2n) is 12.9. The lowest BCUT2D eigenvalue weighted by Crippen LogP contribution is -2.41. The number of fused-ring (bicyclic) bond motifs is 1. The van der Waals surface area contributed by atoms with Crippen LogP contribution in [0.3, 0.4) is 0 Å². The van der Waals surface area contributed by atoms with Crippen molar-refractivity contribution in [1.29, 1.82) is 0 Å². The summed E-state index contributed by atoms with van der Waals surface area (Å²) in [6, 6.07) is 27.4. The molecule has 0 radical (unpaired) electrons. The van der Waals surface area contributed by atoms with Crippen molar-refractivity contribution in [1.82, 2.24) is 24.2 Å². The molecular formula is C38H41N6O10P. The fraction of sp³-hybridized carbons (Fsp3) is 0.342. The van der Waals surface area contributed by atoms with E-state index in [1.165, 1.54) is 17.2 Å². The quantitative estimate of drug-likeness (QED) is 0.0941. The van der Waals surface area contributed by atoms with E-state index in [2.05, 4.69) is 15.0 Å². The van der Waals surface area contributed by atoms with Gasteiger partial charge in [-0.3, -0.25) is 13.6 Å². The molecular weight excluding hydrogens is 731 g/mol. The topological polar surface area (TPSA) is 189 Å². The third-order valence-electron chi connectivity index (χ3n) is 9.13. The van der Waals surface area contributed by atoms with Crippen LogP contribution in [0.2, 0.25) is 0 Å². The molecule has 55 heavy (non-hydrogen) atoms. The fourth-order valence-electron chi connectivity index (χ4n) is 6.33. The molecule has 0 spiro atoms. The minimum atomic E-state index is -3.95. The Bertz CT molecular complexity index is 2070. The van der Waals surface area contributed by atoms with Gasteiger partial charge in [-0.15, -0.1) is 0 Å². The molecule has 3 aromatic carbocycles. The number of nitrogens with two attached hydrogens (primary N) is 1. The molecule has 2 aliphatic rings. The first kappa shape index (κ1) is 37.9. The monoisotopic (exact) mass is 772 g/mol. The summed E-state index contributed by atoms with van der Waals surface area (Å²) in [4.78, 5) is 39.4. The Labute approximate surface area is 317 Å². The van der Waals surface area contributed by atoms with Crippen LogP contribution in [0.15, 0.2) is 104 Å². The molecule has 0 amide bonds. The molecule has 288 valence electrons. The lowest BCUT2D eigenvalue weighted by molar-refractivity contribution is -0.0654. The molecule has 16 nitrogen and oxygen atoms in total. The Morgan fingerprint density at radius 2 is 1.29 bits per heavy atom. The highest BCUT2D eigenvalue weighted by Gasteiger charge is 2.53. The van der Waals surface area contributed by atoms with Gasteiger partial charge in [-0.05, 0) is 29.5 Å². The number of ether oxygens (including phenoxy) is 5. The van der Waals surface area contributed by atoms with E-state index >= 15 is 0 Å². The van der Waals surface area contributed by atoms with Gasteiger partial charge < -0.3 is 29.4 Å². The van der Waals surface area contributed by atoms with Crippen LogP contribution in [0.5, 0.6) is 0 Å². The molecule has 0 bridgehead atoms. The van der Waals surface area contributed by atoms with Crippen molar-refractivity contribution in [3.8, 4) is 0 Å². The Kier molecular flexibility index (Phi) is 12.3. The summed E-state index contributed by atoms with van der Waals surface area (Å²) in [5, 5.41) is 0. The lowest BCUT2D eigenvalue weighted by atomic mass is 10.1. The van der Waals surface area contributed by atoms with Crippen LogP contribution in [-0.4, -0.2) is 74.5 Å². The smallest absolute Gasteiger partial charge is 0.429 e. The third-order valence-corrected chi connectivity index (χ3v) is 11.2. The van der Waals surface area contributed by atoms with Crippen LogP contribution in [0.1, 0.15) is 42.2 Å². The van der Waals surface area contributed by atoms with E-state index in [4.69, 9.17) is 38.5 Å². The zero-order valence-corrected chi connectivity index (χ0v) is 30.7. The molecule has 7 rings (SSSR count). The molecule has 2 saturated heterocycles.